The maximum atomic E-state index is 9.99. The van der Waals surface area contributed by atoms with Crippen LogP contribution in [-0.2, 0) is 6.54 Å². The first kappa shape index (κ1) is 14.0. The van der Waals surface area contributed by atoms with E-state index in [9.17, 15) is 5.11 Å². The van der Waals surface area contributed by atoms with Crippen molar-refractivity contribution in [3.8, 4) is 5.75 Å². The number of nitrogens with zero attached hydrogens (tertiary/aromatic N) is 1. The van der Waals surface area contributed by atoms with Gasteiger partial charge >= 0.3 is 0 Å². The molecule has 4 heteroatoms. The van der Waals surface area contributed by atoms with Crippen LogP contribution in [-0.4, -0.2) is 22.6 Å². The van der Waals surface area contributed by atoms with E-state index in [4.69, 9.17) is 23.2 Å². The van der Waals surface area contributed by atoms with Crippen LogP contribution < -0.4 is 0 Å². The van der Waals surface area contributed by atoms with E-state index >= 15 is 0 Å². The van der Waals surface area contributed by atoms with Gasteiger partial charge in [0, 0.05) is 23.2 Å². The molecule has 1 aromatic rings. The van der Waals surface area contributed by atoms with Gasteiger partial charge in [0.1, 0.15) is 5.75 Å². The van der Waals surface area contributed by atoms with Gasteiger partial charge in [-0.2, -0.15) is 0 Å². The Labute approximate surface area is 119 Å². The minimum atomic E-state index is 0.164. The Hall–Kier alpha value is -0.440. The van der Waals surface area contributed by atoms with Gasteiger partial charge in [-0.3, -0.25) is 4.90 Å². The van der Waals surface area contributed by atoms with Crippen molar-refractivity contribution >= 4 is 23.2 Å². The van der Waals surface area contributed by atoms with Gasteiger partial charge in [0.05, 0.1) is 5.02 Å². The van der Waals surface area contributed by atoms with Gasteiger partial charge in [0.25, 0.3) is 0 Å². The number of phenolic OH excluding ortho intramolecular Hbond substituents is 1. The fourth-order valence-corrected chi connectivity index (χ4v) is 3.06. The van der Waals surface area contributed by atoms with Gasteiger partial charge in [-0.15, -0.1) is 0 Å². The van der Waals surface area contributed by atoms with Gasteiger partial charge in [-0.05, 0) is 38.4 Å². The monoisotopic (exact) mass is 287 g/mol. The smallest absolute Gasteiger partial charge is 0.138 e. The largest absolute Gasteiger partial charge is 0.506 e. The van der Waals surface area contributed by atoms with Crippen molar-refractivity contribution in [1.29, 1.82) is 0 Å². The molecule has 0 bridgehead atoms. The molecule has 0 aromatic heterocycles. The second-order valence-corrected chi connectivity index (χ2v) is 5.91. The summed E-state index contributed by atoms with van der Waals surface area (Å²) in [4.78, 5) is 2.40. The molecule has 2 nitrogen and oxygen atoms in total. The van der Waals surface area contributed by atoms with Gasteiger partial charge in [0.15, 0.2) is 0 Å². The summed E-state index contributed by atoms with van der Waals surface area (Å²) in [6, 6.07) is 3.93. The highest BCUT2D eigenvalue weighted by molar-refractivity contribution is 6.35. The zero-order valence-corrected chi connectivity index (χ0v) is 12.1. The van der Waals surface area contributed by atoms with Crippen molar-refractivity contribution in [2.75, 3.05) is 6.54 Å². The highest BCUT2D eigenvalue weighted by Gasteiger charge is 2.19. The zero-order chi connectivity index (χ0) is 13.1. The predicted octanol–water partition coefficient (Wildman–Crippen LogP) is 4.46. The summed E-state index contributed by atoms with van der Waals surface area (Å²) in [7, 11) is 0. The predicted molar refractivity (Wildman–Crippen MR) is 76.5 cm³/mol. The average molecular weight is 288 g/mol. The standard InChI is InChI=1S/C14H19Cl2NO/c1-10-5-3-2-4-6-17(10)9-11-7-12(15)8-13(16)14(11)18/h7-8,10,18H,2-6,9H2,1H3. The minimum Gasteiger partial charge on any atom is -0.506 e. The van der Waals surface area contributed by atoms with E-state index in [0.717, 1.165) is 12.1 Å². The Bertz CT molecular complexity index is 423. The lowest BCUT2D eigenvalue weighted by molar-refractivity contribution is 0.202. The highest BCUT2D eigenvalue weighted by Crippen LogP contribution is 2.32. The second-order valence-electron chi connectivity index (χ2n) is 5.06. The van der Waals surface area contributed by atoms with E-state index in [1.54, 1.807) is 12.1 Å². The number of benzene rings is 1. The van der Waals surface area contributed by atoms with Crippen molar-refractivity contribution in [3.63, 3.8) is 0 Å². The molecular weight excluding hydrogens is 269 g/mol. The van der Waals surface area contributed by atoms with Crippen LogP contribution in [0.3, 0.4) is 0 Å². The lowest BCUT2D eigenvalue weighted by Crippen LogP contribution is -2.31. The molecule has 18 heavy (non-hydrogen) atoms. The molecule has 0 saturated carbocycles. The number of likely N-dealkylation sites (tertiary alicyclic amines) is 1. The summed E-state index contributed by atoms with van der Waals surface area (Å²) in [6.07, 6.45) is 5.03. The maximum absolute atomic E-state index is 9.99. The molecule has 1 atom stereocenters. The normalized spacial score (nSPS) is 21.8. The first-order valence-electron chi connectivity index (χ1n) is 6.49. The van der Waals surface area contributed by atoms with Gasteiger partial charge in [0.2, 0.25) is 0 Å². The van der Waals surface area contributed by atoms with Crippen LogP contribution in [0.1, 0.15) is 38.2 Å². The summed E-state index contributed by atoms with van der Waals surface area (Å²) < 4.78 is 0. The van der Waals surface area contributed by atoms with Crippen molar-refractivity contribution in [2.45, 2.75) is 45.2 Å². The molecular formula is C14H19Cl2NO. The third-order valence-electron chi connectivity index (χ3n) is 3.67. The van der Waals surface area contributed by atoms with E-state index in [1.807, 2.05) is 0 Å². The average Bonchev–Trinajstić information content (AvgIpc) is 2.51. The van der Waals surface area contributed by atoms with E-state index in [1.165, 1.54) is 25.7 Å². The molecule has 1 saturated heterocycles. The molecule has 1 aromatic carbocycles. The Morgan fingerprint density at radius 3 is 2.83 bits per heavy atom. The first-order valence-corrected chi connectivity index (χ1v) is 7.24. The fourth-order valence-electron chi connectivity index (χ4n) is 2.53. The van der Waals surface area contributed by atoms with E-state index in [-0.39, 0.29) is 5.75 Å². The van der Waals surface area contributed by atoms with Crippen LogP contribution in [0.25, 0.3) is 0 Å². The number of aromatic hydroxyl groups is 1. The molecule has 0 spiro atoms. The third kappa shape index (κ3) is 3.31. The van der Waals surface area contributed by atoms with E-state index in [2.05, 4.69) is 11.8 Å². The number of hydrogen-bond donors (Lipinski definition) is 1. The minimum absolute atomic E-state index is 0.164. The quantitative estimate of drug-likeness (QED) is 0.868. The maximum Gasteiger partial charge on any atom is 0.138 e. The van der Waals surface area contributed by atoms with Crippen LogP contribution in [0, 0.1) is 0 Å². The lowest BCUT2D eigenvalue weighted by Gasteiger charge is -2.27. The van der Waals surface area contributed by atoms with Gasteiger partial charge < -0.3 is 5.11 Å². The van der Waals surface area contributed by atoms with Crippen LogP contribution in [0.4, 0.5) is 0 Å². The van der Waals surface area contributed by atoms with Gasteiger partial charge in [-0.1, -0.05) is 36.0 Å². The Morgan fingerprint density at radius 2 is 2.06 bits per heavy atom. The first-order chi connectivity index (χ1) is 8.58. The lowest BCUT2D eigenvalue weighted by atomic mass is 10.1. The molecule has 100 valence electrons. The summed E-state index contributed by atoms with van der Waals surface area (Å²) >= 11 is 11.9. The van der Waals surface area contributed by atoms with Gasteiger partial charge in [-0.25, -0.2) is 0 Å². The zero-order valence-electron chi connectivity index (χ0n) is 10.6. The van der Waals surface area contributed by atoms with Crippen LogP contribution in [0.15, 0.2) is 12.1 Å². The van der Waals surface area contributed by atoms with Crippen LogP contribution in [0.5, 0.6) is 5.75 Å². The number of halogens is 2. The fraction of sp³-hybridized carbons (Fsp3) is 0.571. The summed E-state index contributed by atoms with van der Waals surface area (Å²) in [6.45, 7) is 4.03. The summed E-state index contributed by atoms with van der Waals surface area (Å²) in [5.74, 6) is 0.164. The topological polar surface area (TPSA) is 23.5 Å². The Kier molecular flexibility index (Phi) is 4.77. The number of rotatable bonds is 2. The second kappa shape index (κ2) is 6.14. The summed E-state index contributed by atoms with van der Waals surface area (Å²) in [5, 5.41) is 10.9. The highest BCUT2D eigenvalue weighted by atomic mass is 35.5. The third-order valence-corrected chi connectivity index (χ3v) is 4.18. The molecule has 1 aliphatic heterocycles. The van der Waals surface area contributed by atoms with Crippen molar-refractivity contribution in [2.24, 2.45) is 0 Å². The van der Waals surface area contributed by atoms with Crippen molar-refractivity contribution in [1.82, 2.24) is 4.90 Å². The Morgan fingerprint density at radius 1 is 1.28 bits per heavy atom. The molecule has 1 fully saturated rings. The van der Waals surface area contributed by atoms with Crippen LogP contribution >= 0.6 is 23.2 Å². The summed E-state index contributed by atoms with van der Waals surface area (Å²) in [5.41, 5.74) is 0.821. The van der Waals surface area contributed by atoms with Crippen molar-refractivity contribution in [3.05, 3.63) is 27.7 Å². The van der Waals surface area contributed by atoms with Crippen LogP contribution in [0.2, 0.25) is 10.0 Å². The number of hydrogen-bond acceptors (Lipinski definition) is 2. The van der Waals surface area contributed by atoms with E-state index in [0.29, 0.717) is 22.6 Å². The molecule has 1 unspecified atom stereocenters. The molecule has 0 aliphatic carbocycles. The van der Waals surface area contributed by atoms with E-state index < -0.39 is 0 Å². The molecule has 1 N–H and O–H groups in total. The SMILES string of the molecule is CC1CCCCCN1Cc1cc(Cl)cc(Cl)c1O. The Balaban J connectivity index is 2.17. The molecule has 0 radical (unpaired) electrons. The molecule has 1 heterocycles. The number of phenols is 1. The molecule has 0 amide bonds. The molecule has 1 aliphatic rings. The molecule has 2 rings (SSSR count). The van der Waals surface area contributed by atoms with Crippen molar-refractivity contribution < 1.29 is 5.11 Å².